The van der Waals surface area contributed by atoms with Crippen LogP contribution in [0.2, 0.25) is 0 Å². The Balaban J connectivity index is 1.78. The number of amides is 1. The molecular weight excluding hydrogens is 831 g/mol. The van der Waals surface area contributed by atoms with Crippen molar-refractivity contribution in [2.75, 3.05) is 13.2 Å². The zero-order valence-corrected chi connectivity index (χ0v) is 33.5. The Hall–Kier alpha value is -5.15. The molecule has 22 heteroatoms. The van der Waals surface area contributed by atoms with E-state index in [2.05, 4.69) is 5.32 Å². The molecule has 2 aliphatic rings. The van der Waals surface area contributed by atoms with Crippen LogP contribution in [-0.4, -0.2) is 141 Å². The summed E-state index contributed by atoms with van der Waals surface area (Å²) in [6.07, 6.45) is -16.6. The Bertz CT molecular complexity index is 1910. The zero-order valence-electron chi connectivity index (χ0n) is 31.8. The van der Waals surface area contributed by atoms with Crippen molar-refractivity contribution in [1.29, 1.82) is 0 Å². The second-order valence-corrected chi connectivity index (χ2v) is 14.9. The predicted octanol–water partition coefficient (Wildman–Crippen LogP) is -1.21. The summed E-state index contributed by atoms with van der Waals surface area (Å²) in [5.41, 5.74) is -0.384. The van der Waals surface area contributed by atoms with Gasteiger partial charge in [-0.2, -0.15) is 0 Å². The summed E-state index contributed by atoms with van der Waals surface area (Å²) in [4.78, 5) is 113. The van der Waals surface area contributed by atoms with Gasteiger partial charge in [-0.1, -0.05) is 0 Å². The van der Waals surface area contributed by atoms with Gasteiger partial charge in [-0.05, 0) is 0 Å². The van der Waals surface area contributed by atoms with Crippen molar-refractivity contribution in [1.82, 2.24) is 8.88 Å². The third-order valence-electron chi connectivity index (χ3n) is 8.07. The number of carbonyl (C=O) groups is 8. The van der Waals surface area contributed by atoms with Crippen LogP contribution < -0.4 is 10.9 Å². The molecule has 0 radical (unpaired) electrons. The Morgan fingerprint density at radius 3 is 1.61 bits per heavy atom. The number of nitrogens with one attached hydrogen (secondary N) is 1. The van der Waals surface area contributed by atoms with E-state index in [1.807, 2.05) is 0 Å². The van der Waals surface area contributed by atoms with Crippen molar-refractivity contribution in [3.63, 3.8) is 0 Å². The first-order chi connectivity index (χ1) is 26.8. The van der Waals surface area contributed by atoms with Crippen molar-refractivity contribution in [2.24, 2.45) is 0 Å². The van der Waals surface area contributed by atoms with Crippen LogP contribution in [0.3, 0.4) is 0 Å². The van der Waals surface area contributed by atoms with E-state index in [0.29, 0.717) is 5.39 Å². The van der Waals surface area contributed by atoms with Crippen LogP contribution in [0.5, 0.6) is 0 Å². The Labute approximate surface area is 330 Å². The van der Waals surface area contributed by atoms with Crippen LogP contribution in [-0.2, 0) is 92.3 Å². The first kappa shape index (κ1) is 44.6. The molecule has 1 aromatic heterocycles. The predicted molar refractivity (Wildman–Crippen MR) is 187 cm³/mol. The van der Waals surface area contributed by atoms with Gasteiger partial charge in [0.15, 0.2) is 6.10 Å². The summed E-state index contributed by atoms with van der Waals surface area (Å²) < 4.78 is 58.4. The van der Waals surface area contributed by atoms with E-state index in [4.69, 9.17) is 47.4 Å². The van der Waals surface area contributed by atoms with Crippen LogP contribution in [0.4, 0.5) is 0 Å². The van der Waals surface area contributed by atoms with Crippen LogP contribution in [0.15, 0.2) is 29.1 Å². The van der Waals surface area contributed by atoms with Crippen molar-refractivity contribution >= 4 is 72.1 Å². The monoisotopic (exact) mass is 874 g/mol. The molecule has 0 spiro atoms. The van der Waals surface area contributed by atoms with E-state index >= 15 is 0 Å². The molecule has 3 heterocycles. The second-order valence-electron chi connectivity index (χ2n) is 12.7. The fourth-order valence-electron chi connectivity index (χ4n) is 6.08. The molecule has 10 atom stereocenters. The maximum absolute atomic E-state index is 13.5. The summed E-state index contributed by atoms with van der Waals surface area (Å²) in [6.45, 7) is 5.54. The number of nitrogens with zero attached hydrogens (tertiary/aromatic N) is 1. The molecule has 57 heavy (non-hydrogen) atoms. The van der Waals surface area contributed by atoms with Crippen molar-refractivity contribution in [3.05, 3.63) is 34.6 Å². The number of rotatable bonds is 14. The van der Waals surface area contributed by atoms with E-state index in [1.54, 1.807) is 24.3 Å². The van der Waals surface area contributed by atoms with E-state index in [-0.39, 0.29) is 5.56 Å². The van der Waals surface area contributed by atoms with Gasteiger partial charge >= 0.3 is 257 Å². The Kier molecular flexibility index (Phi) is 15.5. The van der Waals surface area contributed by atoms with E-state index < -0.39 is 144 Å². The van der Waals surface area contributed by atoms with Crippen LogP contribution in [0, 0.1) is 0 Å². The summed E-state index contributed by atoms with van der Waals surface area (Å²) >= 11 is -0.547. The van der Waals surface area contributed by atoms with Crippen molar-refractivity contribution < 1.29 is 85.7 Å². The van der Waals surface area contributed by atoms with Gasteiger partial charge in [0.2, 0.25) is 0 Å². The normalized spacial score (nSPS) is 26.9. The summed E-state index contributed by atoms with van der Waals surface area (Å²) in [6, 6.07) is 6.85. The molecule has 0 saturated carbocycles. The van der Waals surface area contributed by atoms with Gasteiger partial charge in [-0.15, -0.1) is 0 Å². The van der Waals surface area contributed by atoms with Gasteiger partial charge in [-0.3, -0.25) is 19.2 Å². The molecule has 312 valence electrons. The average molecular weight is 874 g/mol. The van der Waals surface area contributed by atoms with E-state index in [0.717, 1.165) is 52.7 Å². The quantitative estimate of drug-likeness (QED) is 0.133. The third kappa shape index (κ3) is 12.2. The van der Waals surface area contributed by atoms with Gasteiger partial charge < -0.3 is 14.2 Å². The SMILES string of the molecule is CC(=O)OC[C@H]1O[C@@H](NC(=O)Cn2[se]c3ccccc3c2=O)[C@H](OC(C)=O)[C@@H](OC(C)=O)[C@@H]1O[C@H]1O[C@H](COC(C)=O)[C@@H](OC(C)=O)[C@H](OC(C)=O)[C@H]1OC(C)=O. The Morgan fingerprint density at radius 1 is 0.614 bits per heavy atom. The molecule has 0 bridgehead atoms. The second kappa shape index (κ2) is 19.8. The van der Waals surface area contributed by atoms with Gasteiger partial charge in [0.1, 0.15) is 6.61 Å². The molecule has 21 nitrogen and oxygen atoms in total. The molecule has 1 N–H and O–H groups in total. The molecule has 2 aliphatic heterocycles. The molecule has 1 aromatic carbocycles. The van der Waals surface area contributed by atoms with E-state index in [9.17, 15) is 43.2 Å². The minimum atomic E-state index is -1.87. The number of benzene rings is 1. The summed E-state index contributed by atoms with van der Waals surface area (Å²) in [5.74, 6) is -7.00. The van der Waals surface area contributed by atoms with Gasteiger partial charge in [0.25, 0.3) is 0 Å². The number of aromatic nitrogens is 1. The van der Waals surface area contributed by atoms with Crippen molar-refractivity contribution in [3.8, 4) is 0 Å². The van der Waals surface area contributed by atoms with Crippen LogP contribution >= 0.6 is 0 Å². The van der Waals surface area contributed by atoms with E-state index in [1.165, 1.54) is 3.56 Å². The molecule has 0 unspecified atom stereocenters. The standard InChI is InChI=1S/C35H42N2O19Se/c1-15(38)47-13-23-28(56-35-32(53-21(7)44)30(51-19(5)42)27(49-17(3)40)24(55-35)14-48-16(2)39)29(50-18(4)41)31(52-20(6)43)33(54-23)36-26(45)12-37-34(46)22-10-8-9-11-25(22)57-37/h8-11,23-24,27-33,35H,12-14H2,1-7H3,(H,36,45)/t23-,24-,27-,28-,29+,30+,31-,32-,33-,35-/m1/s1. The Morgan fingerprint density at radius 2 is 1.09 bits per heavy atom. The average Bonchev–Trinajstić information content (AvgIpc) is 3.41. The molecule has 4 rings (SSSR count). The number of hydrogen-bond donors (Lipinski definition) is 1. The first-order valence-corrected chi connectivity index (χ1v) is 18.9. The van der Waals surface area contributed by atoms with Crippen LogP contribution in [0.25, 0.3) is 9.65 Å². The first-order valence-electron chi connectivity index (χ1n) is 17.3. The minimum absolute atomic E-state index is 0.384. The minimum Gasteiger partial charge on any atom is -0.253 e. The molecule has 0 aliphatic carbocycles. The maximum atomic E-state index is 13.5. The smallest absolute Gasteiger partial charge is 0.253 e. The van der Waals surface area contributed by atoms with Gasteiger partial charge in [0, 0.05) is 27.7 Å². The van der Waals surface area contributed by atoms with Gasteiger partial charge in [0.05, 0.1) is 0 Å². The number of fused-ring (bicyclic) bond motifs is 1. The number of ether oxygens (including phenoxy) is 10. The topological polar surface area (TPSA) is 263 Å². The molecule has 2 saturated heterocycles. The van der Waals surface area contributed by atoms with Gasteiger partial charge in [-0.25, -0.2) is 0 Å². The fourth-order valence-corrected chi connectivity index (χ4v) is 8.17. The summed E-state index contributed by atoms with van der Waals surface area (Å²) in [5, 5.41) is 2.99. The number of hydrogen-bond acceptors (Lipinski definition) is 19. The number of esters is 7. The molecule has 1 amide bonds. The molecule has 2 fully saturated rings. The summed E-state index contributed by atoms with van der Waals surface area (Å²) in [7, 11) is 0. The van der Waals surface area contributed by atoms with Crippen LogP contribution in [0.1, 0.15) is 48.5 Å². The van der Waals surface area contributed by atoms with Crippen molar-refractivity contribution in [2.45, 2.75) is 116 Å². The third-order valence-corrected chi connectivity index (χ3v) is 10.3. The number of carbonyl (C=O) groups excluding carboxylic acids is 8. The molecular formula is C35H42N2O19Se. The molecule has 2 aromatic rings. The zero-order chi connectivity index (χ0) is 42.1. The fraction of sp³-hybridized carbons (Fsp3) is 0.571.